The molecule has 130 valence electrons. The lowest BCUT2D eigenvalue weighted by molar-refractivity contribution is -0.131. The Kier molecular flexibility index (Phi) is 5.17. The van der Waals surface area contributed by atoms with Gasteiger partial charge in [0.1, 0.15) is 0 Å². The van der Waals surface area contributed by atoms with E-state index in [0.717, 1.165) is 29.8 Å². The third kappa shape index (κ3) is 3.90. The van der Waals surface area contributed by atoms with Gasteiger partial charge in [-0.15, -0.1) is 0 Å². The summed E-state index contributed by atoms with van der Waals surface area (Å²) in [7, 11) is 1.84. The third-order valence-electron chi connectivity index (χ3n) is 4.93. The zero-order chi connectivity index (χ0) is 17.8. The van der Waals surface area contributed by atoms with Crippen LogP contribution in [0.15, 0.2) is 54.6 Å². The van der Waals surface area contributed by atoms with Crippen LogP contribution in [0.25, 0.3) is 0 Å². The maximum absolute atomic E-state index is 12.6. The van der Waals surface area contributed by atoms with Crippen LogP contribution in [0.4, 0.5) is 5.69 Å². The molecule has 0 N–H and O–H groups in total. The molecule has 1 atom stereocenters. The van der Waals surface area contributed by atoms with Crippen molar-refractivity contribution in [2.24, 2.45) is 0 Å². The molecule has 0 aliphatic carbocycles. The van der Waals surface area contributed by atoms with Gasteiger partial charge in [0.2, 0.25) is 11.8 Å². The van der Waals surface area contributed by atoms with Crippen molar-refractivity contribution >= 4 is 17.5 Å². The first kappa shape index (κ1) is 17.2. The van der Waals surface area contributed by atoms with Crippen LogP contribution >= 0.6 is 0 Å². The van der Waals surface area contributed by atoms with Gasteiger partial charge in [-0.3, -0.25) is 9.59 Å². The normalized spacial score (nSPS) is 15.3. The Bertz CT molecular complexity index is 740. The lowest BCUT2D eigenvalue weighted by Gasteiger charge is -2.25. The predicted octanol–water partition coefficient (Wildman–Crippen LogP) is 3.58. The lowest BCUT2D eigenvalue weighted by atomic mass is 10.1. The van der Waals surface area contributed by atoms with Crippen molar-refractivity contribution in [1.29, 1.82) is 0 Å². The summed E-state index contributed by atoms with van der Waals surface area (Å²) in [6.07, 6.45) is 1.91. The Morgan fingerprint density at radius 3 is 2.40 bits per heavy atom. The summed E-state index contributed by atoms with van der Waals surface area (Å²) >= 11 is 0. The van der Waals surface area contributed by atoms with Crippen LogP contribution in [0.1, 0.15) is 36.9 Å². The summed E-state index contributed by atoms with van der Waals surface area (Å²) in [5.74, 6) is 0.265. The highest BCUT2D eigenvalue weighted by atomic mass is 16.2. The van der Waals surface area contributed by atoms with Gasteiger partial charge in [0.25, 0.3) is 0 Å². The van der Waals surface area contributed by atoms with Gasteiger partial charge in [0.15, 0.2) is 0 Å². The molecule has 1 saturated heterocycles. The molecule has 3 rings (SSSR count). The highest BCUT2D eigenvalue weighted by Crippen LogP contribution is 2.23. The number of carbonyl (C=O) groups excluding carboxylic acids is 2. The van der Waals surface area contributed by atoms with Crippen LogP contribution in [0.3, 0.4) is 0 Å². The van der Waals surface area contributed by atoms with Gasteiger partial charge in [-0.05, 0) is 36.6 Å². The van der Waals surface area contributed by atoms with Gasteiger partial charge in [-0.2, -0.15) is 0 Å². The SMILES string of the molecule is C[C@H](c1ccccc1)N(C)C(=O)Cc1ccc(N2CCCC2=O)cc1. The fraction of sp³-hybridized carbons (Fsp3) is 0.333. The summed E-state index contributed by atoms with van der Waals surface area (Å²) in [4.78, 5) is 28.0. The Morgan fingerprint density at radius 2 is 1.80 bits per heavy atom. The summed E-state index contributed by atoms with van der Waals surface area (Å²) in [5, 5.41) is 0. The largest absolute Gasteiger partial charge is 0.339 e. The Balaban J connectivity index is 1.63. The number of nitrogens with zero attached hydrogens (tertiary/aromatic N) is 2. The molecular formula is C21H24N2O2. The second kappa shape index (κ2) is 7.51. The van der Waals surface area contributed by atoms with Crippen LogP contribution in [0, 0.1) is 0 Å². The maximum atomic E-state index is 12.6. The van der Waals surface area contributed by atoms with Gasteiger partial charge >= 0.3 is 0 Å². The van der Waals surface area contributed by atoms with Crippen LogP contribution in [0.5, 0.6) is 0 Å². The number of rotatable bonds is 5. The Labute approximate surface area is 149 Å². The molecule has 1 heterocycles. The second-order valence-electron chi connectivity index (χ2n) is 6.58. The van der Waals surface area contributed by atoms with Gasteiger partial charge in [-0.25, -0.2) is 0 Å². The molecule has 1 aliphatic rings. The molecule has 4 nitrogen and oxygen atoms in total. The van der Waals surface area contributed by atoms with E-state index in [1.807, 2.05) is 73.5 Å². The van der Waals surface area contributed by atoms with E-state index >= 15 is 0 Å². The van der Waals surface area contributed by atoms with E-state index in [0.29, 0.717) is 12.8 Å². The summed E-state index contributed by atoms with van der Waals surface area (Å²) in [5.41, 5.74) is 3.01. The topological polar surface area (TPSA) is 40.6 Å². The molecule has 0 unspecified atom stereocenters. The first-order valence-corrected chi connectivity index (χ1v) is 8.76. The van der Waals surface area contributed by atoms with E-state index in [4.69, 9.17) is 0 Å². The van der Waals surface area contributed by atoms with Crippen molar-refractivity contribution in [3.63, 3.8) is 0 Å². The third-order valence-corrected chi connectivity index (χ3v) is 4.93. The van der Waals surface area contributed by atoms with Crippen LogP contribution < -0.4 is 4.90 Å². The van der Waals surface area contributed by atoms with E-state index < -0.39 is 0 Å². The van der Waals surface area contributed by atoms with Crippen molar-refractivity contribution in [3.8, 4) is 0 Å². The van der Waals surface area contributed by atoms with E-state index in [1.54, 1.807) is 4.90 Å². The molecule has 2 aromatic carbocycles. The first-order valence-electron chi connectivity index (χ1n) is 8.76. The fourth-order valence-corrected chi connectivity index (χ4v) is 3.19. The number of hydrogen-bond donors (Lipinski definition) is 0. The van der Waals surface area contributed by atoms with E-state index in [2.05, 4.69) is 0 Å². The van der Waals surface area contributed by atoms with Gasteiger partial charge in [-0.1, -0.05) is 42.5 Å². The van der Waals surface area contributed by atoms with Crippen LogP contribution in [-0.2, 0) is 16.0 Å². The van der Waals surface area contributed by atoms with Crippen molar-refractivity contribution in [2.75, 3.05) is 18.5 Å². The Hall–Kier alpha value is -2.62. The van der Waals surface area contributed by atoms with Crippen molar-refractivity contribution in [2.45, 2.75) is 32.2 Å². The lowest BCUT2D eigenvalue weighted by Crippen LogP contribution is -2.31. The van der Waals surface area contributed by atoms with Crippen molar-refractivity contribution in [3.05, 3.63) is 65.7 Å². The average Bonchev–Trinajstić information content (AvgIpc) is 3.07. The summed E-state index contributed by atoms with van der Waals surface area (Å²) in [6, 6.07) is 17.8. The average molecular weight is 336 g/mol. The molecule has 0 bridgehead atoms. The standard InChI is InChI=1S/C21H24N2O2/c1-16(18-7-4-3-5-8-18)22(2)21(25)15-17-10-12-19(13-11-17)23-14-6-9-20(23)24/h3-5,7-8,10-13,16H,6,9,14-15H2,1-2H3/t16-/m1/s1. The highest BCUT2D eigenvalue weighted by Gasteiger charge is 2.22. The molecule has 2 aromatic rings. The quantitative estimate of drug-likeness (QED) is 0.837. The monoisotopic (exact) mass is 336 g/mol. The highest BCUT2D eigenvalue weighted by molar-refractivity contribution is 5.95. The second-order valence-corrected chi connectivity index (χ2v) is 6.58. The molecular weight excluding hydrogens is 312 g/mol. The number of benzene rings is 2. The molecule has 2 amide bonds. The van der Waals surface area contributed by atoms with E-state index in [1.165, 1.54) is 0 Å². The molecule has 1 aliphatic heterocycles. The molecule has 0 aromatic heterocycles. The minimum Gasteiger partial charge on any atom is -0.339 e. The first-order chi connectivity index (χ1) is 12.1. The van der Waals surface area contributed by atoms with Crippen LogP contribution in [-0.4, -0.2) is 30.3 Å². The van der Waals surface area contributed by atoms with Crippen LogP contribution in [0.2, 0.25) is 0 Å². The minimum atomic E-state index is 0.0372. The smallest absolute Gasteiger partial charge is 0.227 e. The predicted molar refractivity (Wildman–Crippen MR) is 99.4 cm³/mol. The fourth-order valence-electron chi connectivity index (χ4n) is 3.19. The molecule has 0 saturated carbocycles. The van der Waals surface area contributed by atoms with Gasteiger partial charge < -0.3 is 9.80 Å². The zero-order valence-electron chi connectivity index (χ0n) is 14.8. The number of amides is 2. The molecule has 0 radical (unpaired) electrons. The summed E-state index contributed by atoms with van der Waals surface area (Å²) in [6.45, 7) is 2.82. The molecule has 1 fully saturated rings. The Morgan fingerprint density at radius 1 is 1.12 bits per heavy atom. The number of hydrogen-bond acceptors (Lipinski definition) is 2. The van der Waals surface area contributed by atoms with Crippen molar-refractivity contribution in [1.82, 2.24) is 4.90 Å². The minimum absolute atomic E-state index is 0.0372. The molecule has 0 spiro atoms. The number of carbonyl (C=O) groups is 2. The number of likely N-dealkylation sites (N-methyl/N-ethyl adjacent to an activating group) is 1. The van der Waals surface area contributed by atoms with Gasteiger partial charge in [0, 0.05) is 25.7 Å². The number of anilines is 1. The zero-order valence-corrected chi connectivity index (χ0v) is 14.8. The van der Waals surface area contributed by atoms with Gasteiger partial charge in [0.05, 0.1) is 12.5 Å². The molecule has 4 heteroatoms. The molecule has 25 heavy (non-hydrogen) atoms. The summed E-state index contributed by atoms with van der Waals surface area (Å²) < 4.78 is 0. The maximum Gasteiger partial charge on any atom is 0.227 e. The van der Waals surface area contributed by atoms with E-state index in [-0.39, 0.29) is 17.9 Å². The van der Waals surface area contributed by atoms with E-state index in [9.17, 15) is 9.59 Å². The van der Waals surface area contributed by atoms with Crippen molar-refractivity contribution < 1.29 is 9.59 Å².